The Balaban J connectivity index is 1.08. The van der Waals surface area contributed by atoms with Crippen molar-refractivity contribution >= 4 is 17.6 Å². The normalized spacial score (nSPS) is 36.1. The molecule has 2 aromatic rings. The van der Waals surface area contributed by atoms with Gasteiger partial charge in [-0.1, -0.05) is 0 Å². The molecule has 5 fully saturated rings. The molecule has 1 saturated heterocycles. The van der Waals surface area contributed by atoms with Crippen LogP contribution in [0.3, 0.4) is 0 Å². The van der Waals surface area contributed by atoms with Gasteiger partial charge in [0.15, 0.2) is 5.65 Å². The zero-order valence-corrected chi connectivity index (χ0v) is 17.4. The van der Waals surface area contributed by atoms with Crippen LogP contribution in [-0.4, -0.2) is 56.8 Å². The lowest BCUT2D eigenvalue weighted by Gasteiger charge is -2.58. The van der Waals surface area contributed by atoms with Crippen molar-refractivity contribution in [2.24, 2.45) is 28.9 Å². The van der Waals surface area contributed by atoms with E-state index >= 15 is 0 Å². The molecule has 3 heterocycles. The van der Waals surface area contributed by atoms with E-state index < -0.39 is 0 Å². The molecule has 0 aromatic carbocycles. The Labute approximate surface area is 179 Å². The molecule has 0 radical (unpaired) electrons. The Morgan fingerprint density at radius 3 is 2.74 bits per heavy atom. The third-order valence-electron chi connectivity index (χ3n) is 7.87. The number of nitrogens with zero attached hydrogens (tertiary/aromatic N) is 4. The van der Waals surface area contributed by atoms with Gasteiger partial charge in [0.1, 0.15) is 12.2 Å². The molecule has 31 heavy (non-hydrogen) atoms. The standard InChI is InChI=1S/C22H27N5O4/c23-20(28)22-9-13-7-14(10-22)19(15(8-13)11-22)31-21(29)26-5-3-16(12-26)30-18-2-1-17-24-4-6-27(17)25-18/h1-2,4,6,13-16,19H,3,5,7-12H2,(H2,23,28)/t13?,14?,15?,16-,19-,22-/m1/s1. The fraction of sp³-hybridized carbons (Fsp3) is 0.636. The number of carbonyl (C=O) groups is 2. The topological polar surface area (TPSA) is 112 Å². The number of imidazole rings is 1. The number of nitrogens with two attached hydrogens (primary N) is 1. The summed E-state index contributed by atoms with van der Waals surface area (Å²) in [5, 5.41) is 4.39. The number of amides is 2. The van der Waals surface area contributed by atoms with Gasteiger partial charge in [-0.15, -0.1) is 5.10 Å². The predicted molar refractivity (Wildman–Crippen MR) is 109 cm³/mol. The van der Waals surface area contributed by atoms with Gasteiger partial charge in [0.05, 0.1) is 12.0 Å². The van der Waals surface area contributed by atoms with Crippen molar-refractivity contribution in [2.45, 2.75) is 50.7 Å². The lowest BCUT2D eigenvalue weighted by atomic mass is 9.48. The molecule has 4 bridgehead atoms. The minimum atomic E-state index is -0.366. The molecule has 164 valence electrons. The molecule has 7 rings (SSSR count). The molecule has 5 aliphatic rings. The van der Waals surface area contributed by atoms with Crippen LogP contribution in [0.1, 0.15) is 38.5 Å². The first-order chi connectivity index (χ1) is 15.0. The fourth-order valence-corrected chi connectivity index (χ4v) is 6.68. The zero-order chi connectivity index (χ0) is 21.2. The van der Waals surface area contributed by atoms with E-state index in [1.807, 2.05) is 6.07 Å². The van der Waals surface area contributed by atoms with E-state index in [1.165, 1.54) is 0 Å². The van der Waals surface area contributed by atoms with Crippen molar-refractivity contribution in [3.63, 3.8) is 0 Å². The van der Waals surface area contributed by atoms with Gasteiger partial charge in [0, 0.05) is 31.4 Å². The number of fused-ring (bicyclic) bond motifs is 1. The summed E-state index contributed by atoms with van der Waals surface area (Å²) >= 11 is 0. The van der Waals surface area contributed by atoms with Crippen molar-refractivity contribution < 1.29 is 19.1 Å². The minimum Gasteiger partial charge on any atom is -0.471 e. The lowest BCUT2D eigenvalue weighted by molar-refractivity contribution is -0.161. The van der Waals surface area contributed by atoms with Gasteiger partial charge in [-0.05, 0) is 55.9 Å². The van der Waals surface area contributed by atoms with E-state index in [1.54, 1.807) is 27.9 Å². The summed E-state index contributed by atoms with van der Waals surface area (Å²) in [5.41, 5.74) is 6.16. The van der Waals surface area contributed by atoms with Gasteiger partial charge in [-0.25, -0.2) is 14.3 Å². The average molecular weight is 425 g/mol. The van der Waals surface area contributed by atoms with E-state index in [4.69, 9.17) is 15.2 Å². The van der Waals surface area contributed by atoms with Gasteiger partial charge >= 0.3 is 6.09 Å². The average Bonchev–Trinajstić information content (AvgIpc) is 3.39. The molecular weight excluding hydrogens is 398 g/mol. The van der Waals surface area contributed by atoms with E-state index in [2.05, 4.69) is 10.1 Å². The highest BCUT2D eigenvalue weighted by molar-refractivity contribution is 5.81. The number of likely N-dealkylation sites (tertiary alicyclic amines) is 1. The molecular formula is C22H27N5O4. The molecule has 2 unspecified atom stereocenters. The second-order valence-corrected chi connectivity index (χ2v) is 9.84. The molecule has 9 heteroatoms. The molecule has 4 aliphatic carbocycles. The van der Waals surface area contributed by atoms with E-state index in [0.717, 1.165) is 44.2 Å². The number of primary amides is 1. The van der Waals surface area contributed by atoms with Crippen LogP contribution in [0, 0.1) is 23.2 Å². The van der Waals surface area contributed by atoms with Crippen LogP contribution in [0.2, 0.25) is 0 Å². The summed E-state index contributed by atoms with van der Waals surface area (Å²) in [6.45, 7) is 1.09. The molecule has 2 aromatic heterocycles. The molecule has 3 atom stereocenters. The van der Waals surface area contributed by atoms with Crippen LogP contribution in [0.5, 0.6) is 5.88 Å². The molecule has 4 saturated carbocycles. The third kappa shape index (κ3) is 3.13. The van der Waals surface area contributed by atoms with Crippen molar-refractivity contribution in [2.75, 3.05) is 13.1 Å². The predicted octanol–water partition coefficient (Wildman–Crippen LogP) is 2.00. The summed E-state index contributed by atoms with van der Waals surface area (Å²) in [6, 6.07) is 3.65. The summed E-state index contributed by atoms with van der Waals surface area (Å²) in [7, 11) is 0. The van der Waals surface area contributed by atoms with Crippen LogP contribution in [0.15, 0.2) is 24.5 Å². The highest BCUT2D eigenvalue weighted by atomic mass is 16.6. The summed E-state index contributed by atoms with van der Waals surface area (Å²) in [6.07, 6.45) is 8.25. The second kappa shape index (κ2) is 6.83. The van der Waals surface area contributed by atoms with Crippen molar-refractivity contribution in [3.8, 4) is 5.88 Å². The van der Waals surface area contributed by atoms with Crippen molar-refractivity contribution in [1.82, 2.24) is 19.5 Å². The maximum Gasteiger partial charge on any atom is 0.410 e. The van der Waals surface area contributed by atoms with Crippen LogP contribution in [0.25, 0.3) is 5.65 Å². The monoisotopic (exact) mass is 425 g/mol. The fourth-order valence-electron chi connectivity index (χ4n) is 6.68. The first-order valence-electron chi connectivity index (χ1n) is 11.2. The summed E-state index contributed by atoms with van der Waals surface area (Å²) in [5.74, 6) is 1.40. The van der Waals surface area contributed by atoms with Crippen LogP contribution < -0.4 is 10.5 Å². The van der Waals surface area contributed by atoms with Crippen molar-refractivity contribution in [1.29, 1.82) is 0 Å². The highest BCUT2D eigenvalue weighted by Crippen LogP contribution is 2.60. The van der Waals surface area contributed by atoms with Crippen molar-refractivity contribution in [3.05, 3.63) is 24.5 Å². The van der Waals surface area contributed by atoms with Crippen LogP contribution >= 0.6 is 0 Å². The smallest absolute Gasteiger partial charge is 0.410 e. The summed E-state index contributed by atoms with van der Waals surface area (Å²) < 4.78 is 13.7. The number of rotatable bonds is 4. The first-order valence-corrected chi connectivity index (χ1v) is 11.2. The molecule has 0 spiro atoms. The minimum absolute atomic E-state index is 0.0955. The van der Waals surface area contributed by atoms with Gasteiger partial charge in [-0.2, -0.15) is 0 Å². The first kappa shape index (κ1) is 18.9. The molecule has 1 aliphatic heterocycles. The number of hydrogen-bond acceptors (Lipinski definition) is 6. The van der Waals surface area contributed by atoms with E-state index in [-0.39, 0.29) is 41.5 Å². The maximum atomic E-state index is 12.9. The molecule has 2 N–H and O–H groups in total. The van der Waals surface area contributed by atoms with Gasteiger partial charge in [0.25, 0.3) is 0 Å². The Hall–Kier alpha value is -2.84. The molecule has 9 nitrogen and oxygen atoms in total. The molecule has 2 amide bonds. The van der Waals surface area contributed by atoms with Crippen LogP contribution in [0.4, 0.5) is 4.79 Å². The maximum absolute atomic E-state index is 12.9. The number of hydrogen-bond donors (Lipinski definition) is 1. The quantitative estimate of drug-likeness (QED) is 0.802. The number of carbonyl (C=O) groups excluding carboxylic acids is 2. The van der Waals surface area contributed by atoms with E-state index in [9.17, 15) is 9.59 Å². The number of aromatic nitrogens is 3. The van der Waals surface area contributed by atoms with Crippen LogP contribution in [-0.2, 0) is 9.53 Å². The van der Waals surface area contributed by atoms with E-state index in [0.29, 0.717) is 24.9 Å². The zero-order valence-electron chi connectivity index (χ0n) is 17.4. The third-order valence-corrected chi connectivity index (χ3v) is 7.87. The second-order valence-electron chi connectivity index (χ2n) is 9.84. The van der Waals surface area contributed by atoms with Gasteiger partial charge in [-0.3, -0.25) is 4.79 Å². The Morgan fingerprint density at radius 2 is 1.97 bits per heavy atom. The SMILES string of the molecule is NC(=O)[C@]12CC3CC(C1)[C@@H](OC(=O)N1CC[C@@H](Oc4ccc5nccn5n4)C1)C(C3)C2. The number of ether oxygens (including phenoxy) is 2. The highest BCUT2D eigenvalue weighted by Gasteiger charge is 2.59. The Bertz CT molecular complexity index is 1020. The lowest BCUT2D eigenvalue weighted by Crippen LogP contribution is -2.59. The Morgan fingerprint density at radius 1 is 1.16 bits per heavy atom. The summed E-state index contributed by atoms with van der Waals surface area (Å²) in [4.78, 5) is 30.9. The van der Waals surface area contributed by atoms with Gasteiger partial charge in [0.2, 0.25) is 11.8 Å². The largest absolute Gasteiger partial charge is 0.471 e. The Kier molecular flexibility index (Phi) is 4.16. The van der Waals surface area contributed by atoms with Gasteiger partial charge < -0.3 is 20.1 Å².